The lowest BCUT2D eigenvalue weighted by Gasteiger charge is -2.63. The van der Waals surface area contributed by atoms with Gasteiger partial charge < -0.3 is 5.73 Å². The highest BCUT2D eigenvalue weighted by atomic mass is 14.8. The maximum absolute atomic E-state index is 6.76. The minimum atomic E-state index is 0.461. The van der Waals surface area contributed by atoms with Crippen molar-refractivity contribution in [2.75, 3.05) is 0 Å². The monoisotopic (exact) mass is 249 g/mol. The summed E-state index contributed by atoms with van der Waals surface area (Å²) in [5, 5.41) is 0. The summed E-state index contributed by atoms with van der Waals surface area (Å²) in [6.45, 7) is 7.25. The van der Waals surface area contributed by atoms with Crippen molar-refractivity contribution in [2.45, 2.75) is 78.2 Å². The van der Waals surface area contributed by atoms with E-state index in [2.05, 4.69) is 20.8 Å². The zero-order chi connectivity index (χ0) is 13.0. The standard InChI is InChI=1S/C17H31N/c1-4-5-12(2)15(18)17-9-13-6-14(10-17)8-16(3,7-13)11-17/h12-15H,4-11,18H2,1-3H3. The lowest BCUT2D eigenvalue weighted by Crippen LogP contribution is -2.59. The average Bonchev–Trinajstić information content (AvgIpc) is 2.24. The first-order chi connectivity index (χ1) is 8.46. The second kappa shape index (κ2) is 4.23. The Balaban J connectivity index is 1.82. The van der Waals surface area contributed by atoms with Crippen LogP contribution in [0, 0.1) is 28.6 Å². The van der Waals surface area contributed by atoms with Crippen molar-refractivity contribution >= 4 is 0 Å². The Bertz CT molecular complexity index is 308. The molecule has 0 aromatic heterocycles. The van der Waals surface area contributed by atoms with Crippen LogP contribution in [0.3, 0.4) is 0 Å². The van der Waals surface area contributed by atoms with Crippen LogP contribution in [-0.4, -0.2) is 6.04 Å². The molecular weight excluding hydrogens is 218 g/mol. The molecule has 4 saturated carbocycles. The SMILES string of the molecule is CCCC(C)C(N)C12CC3CC(CC(C)(C3)C1)C2. The average molecular weight is 249 g/mol. The highest BCUT2D eigenvalue weighted by Gasteiger charge is 2.58. The van der Waals surface area contributed by atoms with Crippen LogP contribution in [0.5, 0.6) is 0 Å². The van der Waals surface area contributed by atoms with Crippen LogP contribution in [-0.2, 0) is 0 Å². The highest BCUT2D eigenvalue weighted by Crippen LogP contribution is 2.66. The summed E-state index contributed by atoms with van der Waals surface area (Å²) in [4.78, 5) is 0. The summed E-state index contributed by atoms with van der Waals surface area (Å²) >= 11 is 0. The number of hydrogen-bond acceptors (Lipinski definition) is 1. The van der Waals surface area contributed by atoms with Crippen molar-refractivity contribution in [3.8, 4) is 0 Å². The van der Waals surface area contributed by atoms with Crippen LogP contribution >= 0.6 is 0 Å². The van der Waals surface area contributed by atoms with Gasteiger partial charge in [-0.25, -0.2) is 0 Å². The molecule has 4 fully saturated rings. The van der Waals surface area contributed by atoms with Gasteiger partial charge in [0.15, 0.2) is 0 Å². The molecule has 4 bridgehead atoms. The summed E-state index contributed by atoms with van der Waals surface area (Å²) < 4.78 is 0. The molecule has 0 saturated heterocycles. The van der Waals surface area contributed by atoms with Gasteiger partial charge in [-0.3, -0.25) is 0 Å². The van der Waals surface area contributed by atoms with E-state index in [0.29, 0.717) is 16.9 Å². The van der Waals surface area contributed by atoms with E-state index in [1.165, 1.54) is 51.4 Å². The van der Waals surface area contributed by atoms with Gasteiger partial charge in [-0.1, -0.05) is 27.2 Å². The molecule has 0 aromatic carbocycles. The minimum Gasteiger partial charge on any atom is -0.327 e. The van der Waals surface area contributed by atoms with E-state index >= 15 is 0 Å². The molecule has 1 heteroatoms. The number of nitrogens with two attached hydrogens (primary N) is 1. The van der Waals surface area contributed by atoms with E-state index < -0.39 is 0 Å². The first-order valence-electron chi connectivity index (χ1n) is 8.22. The molecule has 104 valence electrons. The molecule has 0 amide bonds. The van der Waals surface area contributed by atoms with Crippen molar-refractivity contribution < 1.29 is 0 Å². The summed E-state index contributed by atoms with van der Waals surface area (Å²) in [6.07, 6.45) is 11.5. The molecule has 0 aliphatic heterocycles. The van der Waals surface area contributed by atoms with Crippen LogP contribution in [0.4, 0.5) is 0 Å². The second-order valence-corrected chi connectivity index (χ2v) is 8.43. The highest BCUT2D eigenvalue weighted by molar-refractivity contribution is 5.10. The zero-order valence-electron chi connectivity index (χ0n) is 12.5. The van der Waals surface area contributed by atoms with Gasteiger partial charge in [0.2, 0.25) is 0 Å². The Hall–Kier alpha value is -0.0400. The smallest absolute Gasteiger partial charge is 0.0122 e. The largest absolute Gasteiger partial charge is 0.327 e. The van der Waals surface area contributed by atoms with Crippen molar-refractivity contribution in [3.63, 3.8) is 0 Å². The molecule has 4 rings (SSSR count). The lowest BCUT2D eigenvalue weighted by molar-refractivity contribution is -0.119. The van der Waals surface area contributed by atoms with Gasteiger partial charge in [0.05, 0.1) is 0 Å². The fraction of sp³-hybridized carbons (Fsp3) is 1.00. The van der Waals surface area contributed by atoms with E-state index in [-0.39, 0.29) is 0 Å². The Morgan fingerprint density at radius 3 is 2.28 bits per heavy atom. The van der Waals surface area contributed by atoms with E-state index in [0.717, 1.165) is 17.8 Å². The molecule has 4 unspecified atom stereocenters. The molecular formula is C17H31N. The Kier molecular flexibility index (Phi) is 3.05. The third-order valence-electron chi connectivity index (χ3n) is 6.46. The van der Waals surface area contributed by atoms with Crippen molar-refractivity contribution in [1.82, 2.24) is 0 Å². The Labute approximate surface area is 113 Å². The molecule has 18 heavy (non-hydrogen) atoms. The Morgan fingerprint density at radius 1 is 1.17 bits per heavy atom. The van der Waals surface area contributed by atoms with Crippen molar-refractivity contribution in [3.05, 3.63) is 0 Å². The Morgan fingerprint density at radius 2 is 1.78 bits per heavy atom. The van der Waals surface area contributed by atoms with Gasteiger partial charge in [0.25, 0.3) is 0 Å². The summed E-state index contributed by atoms with van der Waals surface area (Å²) in [5.41, 5.74) is 7.93. The van der Waals surface area contributed by atoms with Gasteiger partial charge in [-0.15, -0.1) is 0 Å². The van der Waals surface area contributed by atoms with Gasteiger partial charge in [-0.05, 0) is 73.5 Å². The topological polar surface area (TPSA) is 26.0 Å². The van der Waals surface area contributed by atoms with Gasteiger partial charge in [0.1, 0.15) is 0 Å². The molecule has 0 heterocycles. The van der Waals surface area contributed by atoms with E-state index in [9.17, 15) is 0 Å². The molecule has 4 aliphatic carbocycles. The molecule has 4 aliphatic rings. The third kappa shape index (κ3) is 1.94. The summed E-state index contributed by atoms with van der Waals surface area (Å²) in [6, 6.07) is 0.461. The summed E-state index contributed by atoms with van der Waals surface area (Å²) in [7, 11) is 0. The van der Waals surface area contributed by atoms with Crippen LogP contribution < -0.4 is 5.73 Å². The van der Waals surface area contributed by atoms with Crippen LogP contribution in [0.1, 0.15) is 72.1 Å². The molecule has 0 radical (unpaired) electrons. The van der Waals surface area contributed by atoms with Crippen molar-refractivity contribution in [2.24, 2.45) is 34.3 Å². The van der Waals surface area contributed by atoms with Gasteiger partial charge in [0, 0.05) is 6.04 Å². The second-order valence-electron chi connectivity index (χ2n) is 8.43. The quantitative estimate of drug-likeness (QED) is 0.787. The molecule has 2 N–H and O–H groups in total. The zero-order valence-corrected chi connectivity index (χ0v) is 12.5. The molecule has 0 spiro atoms. The van der Waals surface area contributed by atoms with Crippen LogP contribution in [0.2, 0.25) is 0 Å². The minimum absolute atomic E-state index is 0.461. The fourth-order valence-electron chi connectivity index (χ4n) is 6.43. The predicted octanol–water partition coefficient (Wildman–Crippen LogP) is 4.36. The molecule has 0 aromatic rings. The molecule has 1 nitrogen and oxygen atoms in total. The van der Waals surface area contributed by atoms with Gasteiger partial charge in [-0.2, -0.15) is 0 Å². The van der Waals surface area contributed by atoms with Crippen LogP contribution in [0.15, 0.2) is 0 Å². The fourth-order valence-corrected chi connectivity index (χ4v) is 6.43. The molecule has 4 atom stereocenters. The van der Waals surface area contributed by atoms with Crippen molar-refractivity contribution in [1.29, 1.82) is 0 Å². The predicted molar refractivity (Wildman–Crippen MR) is 77.3 cm³/mol. The normalized spacial score (nSPS) is 49.3. The van der Waals surface area contributed by atoms with Gasteiger partial charge >= 0.3 is 0 Å². The lowest BCUT2D eigenvalue weighted by atomic mass is 9.42. The number of hydrogen-bond donors (Lipinski definition) is 1. The first-order valence-corrected chi connectivity index (χ1v) is 8.22. The van der Waals surface area contributed by atoms with Crippen LogP contribution in [0.25, 0.3) is 0 Å². The third-order valence-corrected chi connectivity index (χ3v) is 6.46. The van der Waals surface area contributed by atoms with E-state index in [4.69, 9.17) is 5.73 Å². The maximum atomic E-state index is 6.76. The number of rotatable bonds is 4. The maximum Gasteiger partial charge on any atom is 0.0122 e. The first kappa shape index (κ1) is 13.0. The summed E-state index contributed by atoms with van der Waals surface area (Å²) in [5.74, 6) is 2.74. The van der Waals surface area contributed by atoms with E-state index in [1.807, 2.05) is 0 Å². The van der Waals surface area contributed by atoms with E-state index in [1.54, 1.807) is 0 Å².